The van der Waals surface area contributed by atoms with E-state index in [-0.39, 0.29) is 11.3 Å². The molecule has 0 spiro atoms. The third-order valence-corrected chi connectivity index (χ3v) is 3.83. The number of aliphatic hydroxyl groups excluding tert-OH is 1. The van der Waals surface area contributed by atoms with Crippen molar-refractivity contribution in [3.8, 4) is 6.07 Å². The first-order chi connectivity index (χ1) is 10.4. The number of hydrogen-bond acceptors (Lipinski definition) is 4. The van der Waals surface area contributed by atoms with Gasteiger partial charge in [0.05, 0.1) is 17.3 Å². The maximum atomic E-state index is 12.2. The van der Waals surface area contributed by atoms with Gasteiger partial charge < -0.3 is 5.11 Å². The smallest absolute Gasteiger partial charge is 0.265 e. The van der Waals surface area contributed by atoms with Crippen LogP contribution in [-0.2, 0) is 11.2 Å². The number of carbonyl (C=O) groups is 1. The number of hydrogen-bond donors (Lipinski definition) is 2. The number of fused-ring (bicyclic) bond motifs is 1. The molecule has 1 atom stereocenters. The van der Waals surface area contributed by atoms with Crippen LogP contribution in [-0.4, -0.2) is 22.3 Å². The molecular weight excluding hydrogens is 278 g/mol. The zero-order valence-corrected chi connectivity index (χ0v) is 12.5. The van der Waals surface area contributed by atoms with E-state index in [9.17, 15) is 9.90 Å². The zero-order chi connectivity index (χ0) is 15.9. The molecule has 1 heterocycles. The molecule has 22 heavy (non-hydrogen) atoms. The molecule has 1 aromatic carbocycles. The summed E-state index contributed by atoms with van der Waals surface area (Å²) in [6.45, 7) is 4.18. The summed E-state index contributed by atoms with van der Waals surface area (Å²) in [5.74, 6) is -0.248. The highest BCUT2D eigenvalue weighted by atomic mass is 16.3. The second-order valence-corrected chi connectivity index (χ2v) is 6.29. The lowest BCUT2D eigenvalue weighted by molar-refractivity contribution is -0.128. The summed E-state index contributed by atoms with van der Waals surface area (Å²) in [4.78, 5) is 12.2. The Labute approximate surface area is 129 Å². The number of aliphatic hydroxyl groups is 1. The maximum absolute atomic E-state index is 12.2. The summed E-state index contributed by atoms with van der Waals surface area (Å²) >= 11 is 0. The van der Waals surface area contributed by atoms with Gasteiger partial charge in [-0.25, -0.2) is 5.01 Å². The predicted molar refractivity (Wildman–Crippen MR) is 81.7 cm³/mol. The topological polar surface area (TPSA) is 76.4 Å². The van der Waals surface area contributed by atoms with Crippen LogP contribution in [0.3, 0.4) is 0 Å². The van der Waals surface area contributed by atoms with E-state index in [1.54, 1.807) is 12.1 Å². The predicted octanol–water partition coefficient (Wildman–Crippen LogP) is 1.70. The molecule has 1 aliphatic carbocycles. The Morgan fingerprint density at radius 2 is 2.23 bits per heavy atom. The maximum Gasteiger partial charge on any atom is 0.265 e. The van der Waals surface area contributed by atoms with Crippen molar-refractivity contribution in [2.45, 2.75) is 26.5 Å². The fourth-order valence-electron chi connectivity index (χ4n) is 2.89. The quantitative estimate of drug-likeness (QED) is 0.827. The summed E-state index contributed by atoms with van der Waals surface area (Å²) in [6, 6.07) is 7.64. The normalized spacial score (nSPS) is 22.8. The summed E-state index contributed by atoms with van der Waals surface area (Å²) in [5, 5.41) is 20.2. The molecule has 1 amide bonds. The molecule has 1 aliphatic heterocycles. The van der Waals surface area contributed by atoms with E-state index in [1.807, 2.05) is 12.1 Å². The lowest BCUT2D eigenvalue weighted by atomic mass is 9.77. The first kappa shape index (κ1) is 14.5. The minimum Gasteiger partial charge on any atom is -0.373 e. The van der Waals surface area contributed by atoms with Gasteiger partial charge in [-0.1, -0.05) is 26.0 Å². The van der Waals surface area contributed by atoms with E-state index in [0.717, 1.165) is 17.5 Å². The largest absolute Gasteiger partial charge is 0.373 e. The van der Waals surface area contributed by atoms with Gasteiger partial charge in [-0.05, 0) is 35.6 Å². The summed E-state index contributed by atoms with van der Waals surface area (Å²) in [5.41, 5.74) is 5.79. The van der Waals surface area contributed by atoms with Gasteiger partial charge in [-0.2, -0.15) is 10.7 Å². The summed E-state index contributed by atoms with van der Waals surface area (Å²) in [6.07, 6.45) is 4.68. The molecule has 0 fully saturated rings. The zero-order valence-electron chi connectivity index (χ0n) is 12.5. The van der Waals surface area contributed by atoms with Crippen LogP contribution in [0.2, 0.25) is 0 Å². The average Bonchev–Trinajstić information content (AvgIpc) is 2.47. The number of amides is 1. The average molecular weight is 295 g/mol. The van der Waals surface area contributed by atoms with Gasteiger partial charge in [-0.3, -0.25) is 4.79 Å². The summed E-state index contributed by atoms with van der Waals surface area (Å²) in [7, 11) is 0. The van der Waals surface area contributed by atoms with Gasteiger partial charge in [-0.15, -0.1) is 0 Å². The van der Waals surface area contributed by atoms with Crippen molar-refractivity contribution in [2.75, 3.05) is 0 Å². The molecule has 3 rings (SSSR count). The molecule has 1 unspecified atom stereocenters. The first-order valence-corrected chi connectivity index (χ1v) is 7.12. The third kappa shape index (κ3) is 2.54. The third-order valence-electron chi connectivity index (χ3n) is 3.83. The Morgan fingerprint density at radius 1 is 1.45 bits per heavy atom. The Kier molecular flexibility index (Phi) is 3.36. The van der Waals surface area contributed by atoms with E-state index in [4.69, 9.17) is 5.26 Å². The number of carbonyl (C=O) groups excluding carboxylic acids is 1. The molecule has 2 aliphatic rings. The Balaban J connectivity index is 2.13. The van der Waals surface area contributed by atoms with Gasteiger partial charge in [0.25, 0.3) is 5.91 Å². The van der Waals surface area contributed by atoms with Crippen LogP contribution < -0.4 is 5.43 Å². The molecule has 0 saturated carbocycles. The van der Waals surface area contributed by atoms with Crippen molar-refractivity contribution < 1.29 is 9.90 Å². The van der Waals surface area contributed by atoms with Crippen molar-refractivity contribution in [3.05, 3.63) is 53.1 Å². The van der Waals surface area contributed by atoms with Crippen molar-refractivity contribution in [2.24, 2.45) is 5.41 Å². The van der Waals surface area contributed by atoms with Crippen LogP contribution >= 0.6 is 0 Å². The number of nitrogens with one attached hydrogen (secondary N) is 1. The second kappa shape index (κ2) is 5.09. The fourth-order valence-corrected chi connectivity index (χ4v) is 2.89. The fraction of sp³-hybridized carbons (Fsp3) is 0.294. The van der Waals surface area contributed by atoms with Crippen LogP contribution in [0.4, 0.5) is 0 Å². The van der Waals surface area contributed by atoms with Gasteiger partial charge in [0.1, 0.15) is 6.23 Å². The highest BCUT2D eigenvalue weighted by Crippen LogP contribution is 2.38. The van der Waals surface area contributed by atoms with Gasteiger partial charge in [0.15, 0.2) is 0 Å². The van der Waals surface area contributed by atoms with Crippen molar-refractivity contribution in [1.29, 1.82) is 5.26 Å². The molecule has 5 heteroatoms. The van der Waals surface area contributed by atoms with Crippen LogP contribution in [0.15, 0.2) is 36.4 Å². The minimum atomic E-state index is -0.911. The van der Waals surface area contributed by atoms with E-state index in [2.05, 4.69) is 25.3 Å². The van der Waals surface area contributed by atoms with Gasteiger partial charge in [0.2, 0.25) is 0 Å². The molecule has 5 nitrogen and oxygen atoms in total. The SMILES string of the molecule is CC1(C)C=C(N2NC(O)C=CC2=O)c2cc(C#N)ccc2C1. The Morgan fingerprint density at radius 3 is 2.95 bits per heavy atom. The number of nitrogens with zero attached hydrogens (tertiary/aromatic N) is 2. The molecule has 2 N–H and O–H groups in total. The monoisotopic (exact) mass is 295 g/mol. The molecule has 1 aromatic rings. The van der Waals surface area contributed by atoms with Gasteiger partial charge >= 0.3 is 0 Å². The molecule has 0 radical (unpaired) electrons. The molecule has 0 aromatic heterocycles. The summed E-state index contributed by atoms with van der Waals surface area (Å²) < 4.78 is 0. The molecule has 112 valence electrons. The molecule has 0 saturated heterocycles. The second-order valence-electron chi connectivity index (χ2n) is 6.29. The highest BCUT2D eigenvalue weighted by Gasteiger charge is 2.31. The number of allylic oxidation sites excluding steroid dienone is 1. The first-order valence-electron chi connectivity index (χ1n) is 7.12. The van der Waals surface area contributed by atoms with Crippen LogP contribution in [0.1, 0.15) is 30.5 Å². The van der Waals surface area contributed by atoms with E-state index < -0.39 is 6.23 Å². The van der Waals surface area contributed by atoms with E-state index in [0.29, 0.717) is 11.3 Å². The standard InChI is InChI=1S/C17H17N3O2/c1-17(2)8-12-4-3-11(10-18)7-13(12)14(9-17)20-16(22)6-5-15(21)19-20/h3-7,9,15,19,21H,8H2,1-2H3. The van der Waals surface area contributed by atoms with Crippen molar-refractivity contribution in [1.82, 2.24) is 10.4 Å². The highest BCUT2D eigenvalue weighted by molar-refractivity contribution is 5.95. The van der Waals surface area contributed by atoms with Crippen LogP contribution in [0.5, 0.6) is 0 Å². The number of hydrazine groups is 1. The van der Waals surface area contributed by atoms with Crippen LogP contribution in [0.25, 0.3) is 5.70 Å². The number of benzene rings is 1. The minimum absolute atomic E-state index is 0.120. The number of nitriles is 1. The Bertz CT molecular complexity index is 741. The van der Waals surface area contributed by atoms with Gasteiger partial charge in [0, 0.05) is 11.6 Å². The van der Waals surface area contributed by atoms with Crippen molar-refractivity contribution in [3.63, 3.8) is 0 Å². The van der Waals surface area contributed by atoms with Crippen molar-refractivity contribution >= 4 is 11.6 Å². The lowest BCUT2D eigenvalue weighted by Gasteiger charge is -2.36. The number of rotatable bonds is 1. The van der Waals surface area contributed by atoms with E-state index in [1.165, 1.54) is 17.2 Å². The molecule has 0 bridgehead atoms. The van der Waals surface area contributed by atoms with Crippen LogP contribution in [0, 0.1) is 16.7 Å². The lowest BCUT2D eigenvalue weighted by Crippen LogP contribution is -2.49. The van der Waals surface area contributed by atoms with E-state index >= 15 is 0 Å². The molecular formula is C17H17N3O2. The Hall–Kier alpha value is -2.42.